The van der Waals surface area contributed by atoms with Gasteiger partial charge in [-0.1, -0.05) is 13.8 Å². The molecule has 1 aliphatic carbocycles. The van der Waals surface area contributed by atoms with E-state index in [4.69, 9.17) is 14.3 Å². The Hall–Kier alpha value is 0.260. The lowest BCUT2D eigenvalue weighted by Gasteiger charge is -2.38. The Morgan fingerprint density at radius 1 is 1.16 bits per heavy atom. The van der Waals surface area contributed by atoms with Crippen molar-refractivity contribution in [2.75, 3.05) is 0 Å². The molecule has 1 rings (SSSR count). The fourth-order valence-electron chi connectivity index (χ4n) is 2.44. The van der Waals surface area contributed by atoms with E-state index in [1.165, 1.54) is 0 Å². The molecule has 3 N–H and O–H groups in total. The van der Waals surface area contributed by atoms with Gasteiger partial charge in [-0.05, 0) is 44.4 Å². The van der Waals surface area contributed by atoms with Gasteiger partial charge in [-0.25, -0.2) is 9.13 Å². The molecule has 0 heterocycles. The van der Waals surface area contributed by atoms with Gasteiger partial charge >= 0.3 is 15.6 Å². The molecule has 114 valence electrons. The number of hydrogen-bond acceptors (Lipinski definition) is 4. The summed E-state index contributed by atoms with van der Waals surface area (Å²) in [4.78, 5) is 26.5. The van der Waals surface area contributed by atoms with Crippen LogP contribution in [-0.4, -0.2) is 20.3 Å². The van der Waals surface area contributed by atoms with Gasteiger partial charge in [-0.2, -0.15) is 4.31 Å². The van der Waals surface area contributed by atoms with E-state index in [-0.39, 0.29) is 0 Å². The Bertz CT molecular complexity index is 395. The van der Waals surface area contributed by atoms with E-state index in [2.05, 4.69) is 18.2 Å². The van der Waals surface area contributed by atoms with Crippen LogP contribution in [0.3, 0.4) is 0 Å². The second kappa shape index (κ2) is 5.94. The fourth-order valence-corrected chi connectivity index (χ4v) is 4.39. The highest BCUT2D eigenvalue weighted by atomic mass is 31.3. The molecular formula is C10H22O7P2. The maximum Gasteiger partial charge on any atom is 0.481 e. The quantitative estimate of drug-likeness (QED) is 0.668. The van der Waals surface area contributed by atoms with Crippen molar-refractivity contribution in [1.82, 2.24) is 0 Å². The number of phosphoric ester groups is 1. The molecular weight excluding hydrogens is 294 g/mol. The maximum absolute atomic E-state index is 11.5. The highest BCUT2D eigenvalue weighted by Gasteiger charge is 2.42. The second-order valence-electron chi connectivity index (χ2n) is 5.66. The third-order valence-corrected chi connectivity index (χ3v) is 5.92. The SMILES string of the molecule is CC(C)C1CCC(C)(OP(=O)(O)OP(=O)(O)O)CC1. The van der Waals surface area contributed by atoms with Gasteiger partial charge in [0.15, 0.2) is 0 Å². The van der Waals surface area contributed by atoms with E-state index in [0.29, 0.717) is 24.7 Å². The van der Waals surface area contributed by atoms with Crippen molar-refractivity contribution in [2.45, 2.75) is 52.1 Å². The molecule has 0 spiro atoms. The lowest BCUT2D eigenvalue weighted by atomic mass is 9.75. The van der Waals surface area contributed by atoms with Crippen molar-refractivity contribution in [3.63, 3.8) is 0 Å². The zero-order chi connectivity index (χ0) is 14.9. The number of hydrogen-bond donors (Lipinski definition) is 3. The van der Waals surface area contributed by atoms with Crippen LogP contribution in [0.5, 0.6) is 0 Å². The minimum atomic E-state index is -5.05. The predicted molar refractivity (Wildman–Crippen MR) is 69.2 cm³/mol. The summed E-state index contributed by atoms with van der Waals surface area (Å²) in [5.74, 6) is 1.08. The molecule has 7 nitrogen and oxygen atoms in total. The van der Waals surface area contributed by atoms with Crippen LogP contribution < -0.4 is 0 Å². The average molecular weight is 316 g/mol. The lowest BCUT2D eigenvalue weighted by Crippen LogP contribution is -2.34. The molecule has 0 aliphatic heterocycles. The van der Waals surface area contributed by atoms with Gasteiger partial charge in [0, 0.05) is 0 Å². The number of rotatable bonds is 5. The molecule has 1 unspecified atom stereocenters. The van der Waals surface area contributed by atoms with Gasteiger partial charge in [-0.3, -0.25) is 4.52 Å². The Balaban J connectivity index is 2.62. The van der Waals surface area contributed by atoms with E-state index in [1.54, 1.807) is 6.92 Å². The summed E-state index contributed by atoms with van der Waals surface area (Å²) < 4.78 is 30.9. The minimum Gasteiger partial charge on any atom is -0.302 e. The molecule has 9 heteroatoms. The van der Waals surface area contributed by atoms with Crippen LogP contribution in [0.15, 0.2) is 0 Å². The van der Waals surface area contributed by atoms with Crippen molar-refractivity contribution in [3.05, 3.63) is 0 Å². The van der Waals surface area contributed by atoms with E-state index in [9.17, 15) is 14.0 Å². The van der Waals surface area contributed by atoms with Gasteiger partial charge in [0.1, 0.15) is 0 Å². The van der Waals surface area contributed by atoms with Crippen molar-refractivity contribution in [1.29, 1.82) is 0 Å². The maximum atomic E-state index is 11.5. The first-order valence-electron chi connectivity index (χ1n) is 6.23. The molecule has 1 saturated carbocycles. The Kier molecular flexibility index (Phi) is 5.41. The average Bonchev–Trinajstić information content (AvgIpc) is 2.11. The predicted octanol–water partition coefficient (Wildman–Crippen LogP) is 2.82. The summed E-state index contributed by atoms with van der Waals surface area (Å²) in [6, 6.07) is 0. The van der Waals surface area contributed by atoms with Crippen LogP contribution in [0, 0.1) is 11.8 Å². The molecule has 1 fully saturated rings. The van der Waals surface area contributed by atoms with Gasteiger partial charge in [0.25, 0.3) is 0 Å². The molecule has 0 saturated heterocycles. The van der Waals surface area contributed by atoms with Gasteiger partial charge in [0.05, 0.1) is 5.60 Å². The Morgan fingerprint density at radius 3 is 2.00 bits per heavy atom. The summed E-state index contributed by atoms with van der Waals surface area (Å²) in [6.45, 7) is 5.92. The Labute approximate surface area is 113 Å². The van der Waals surface area contributed by atoms with Crippen molar-refractivity contribution in [3.8, 4) is 0 Å². The highest BCUT2D eigenvalue weighted by molar-refractivity contribution is 7.60. The fraction of sp³-hybridized carbons (Fsp3) is 1.00. The largest absolute Gasteiger partial charge is 0.481 e. The highest BCUT2D eigenvalue weighted by Crippen LogP contribution is 2.60. The molecule has 0 radical (unpaired) electrons. The monoisotopic (exact) mass is 316 g/mol. The van der Waals surface area contributed by atoms with E-state index < -0.39 is 21.2 Å². The van der Waals surface area contributed by atoms with Crippen LogP contribution in [0.2, 0.25) is 0 Å². The first-order valence-corrected chi connectivity index (χ1v) is 9.25. The van der Waals surface area contributed by atoms with E-state index in [0.717, 1.165) is 12.8 Å². The standard InChI is InChI=1S/C10H22O7P2/c1-8(2)9-4-6-10(3,7-5-9)16-19(14,15)17-18(11,12)13/h8-9H,4-7H2,1-3H3,(H,14,15)(H2,11,12,13). The van der Waals surface area contributed by atoms with Crippen LogP contribution in [0.25, 0.3) is 0 Å². The molecule has 19 heavy (non-hydrogen) atoms. The minimum absolute atomic E-state index is 0.539. The van der Waals surface area contributed by atoms with Gasteiger partial charge in [-0.15, -0.1) is 0 Å². The van der Waals surface area contributed by atoms with Crippen LogP contribution in [0.4, 0.5) is 0 Å². The third kappa shape index (κ3) is 6.05. The van der Waals surface area contributed by atoms with Crippen LogP contribution in [0.1, 0.15) is 46.5 Å². The van der Waals surface area contributed by atoms with Crippen molar-refractivity contribution in [2.24, 2.45) is 11.8 Å². The Morgan fingerprint density at radius 2 is 1.63 bits per heavy atom. The summed E-state index contributed by atoms with van der Waals surface area (Å²) >= 11 is 0. The normalized spacial score (nSPS) is 32.3. The summed E-state index contributed by atoms with van der Waals surface area (Å²) in [6.07, 6.45) is 2.82. The number of phosphoric acid groups is 2. The zero-order valence-electron chi connectivity index (χ0n) is 11.4. The molecule has 0 aromatic rings. The summed E-state index contributed by atoms with van der Waals surface area (Å²) in [5, 5.41) is 0. The summed E-state index contributed by atoms with van der Waals surface area (Å²) in [7, 11) is -9.81. The first-order chi connectivity index (χ1) is 8.43. The lowest BCUT2D eigenvalue weighted by molar-refractivity contribution is 0.000859. The van der Waals surface area contributed by atoms with Crippen LogP contribution in [-0.2, 0) is 18.0 Å². The van der Waals surface area contributed by atoms with Crippen LogP contribution >= 0.6 is 15.6 Å². The zero-order valence-corrected chi connectivity index (χ0v) is 13.1. The smallest absolute Gasteiger partial charge is 0.302 e. The van der Waals surface area contributed by atoms with Crippen molar-refractivity contribution >= 4 is 15.6 Å². The molecule has 0 aromatic carbocycles. The first kappa shape index (κ1) is 17.3. The molecule has 1 atom stereocenters. The van der Waals surface area contributed by atoms with E-state index in [1.807, 2.05) is 0 Å². The van der Waals surface area contributed by atoms with Gasteiger partial charge < -0.3 is 14.7 Å². The summed E-state index contributed by atoms with van der Waals surface area (Å²) in [5.41, 5.74) is -0.884. The van der Waals surface area contributed by atoms with Crippen molar-refractivity contribution < 1.29 is 32.6 Å². The molecule has 0 bridgehead atoms. The van der Waals surface area contributed by atoms with E-state index >= 15 is 0 Å². The molecule has 0 aromatic heterocycles. The topological polar surface area (TPSA) is 113 Å². The third-order valence-electron chi connectivity index (χ3n) is 3.58. The molecule has 0 amide bonds. The van der Waals surface area contributed by atoms with Gasteiger partial charge in [0.2, 0.25) is 0 Å². The molecule has 1 aliphatic rings. The second-order valence-corrected chi connectivity index (χ2v) is 8.42.